The fraction of sp³-hybridized carbons (Fsp3) is 0.211. The van der Waals surface area contributed by atoms with E-state index in [1.54, 1.807) is 18.0 Å². The average molecular weight is 350 g/mol. The number of aromatic nitrogens is 2. The summed E-state index contributed by atoms with van der Waals surface area (Å²) >= 11 is 1.61. The molecule has 0 bridgehead atoms. The van der Waals surface area contributed by atoms with Gasteiger partial charge in [-0.1, -0.05) is 18.2 Å². The molecule has 0 spiro atoms. The largest absolute Gasteiger partial charge is 0.431 e. The van der Waals surface area contributed by atoms with Crippen LogP contribution in [-0.2, 0) is 0 Å². The smallest absolute Gasteiger partial charge is 0.261 e. The van der Waals surface area contributed by atoms with Gasteiger partial charge in [0.05, 0.1) is 6.21 Å². The molecule has 0 atom stereocenters. The highest BCUT2D eigenvalue weighted by Gasteiger charge is 2.16. The van der Waals surface area contributed by atoms with E-state index in [2.05, 4.69) is 20.5 Å². The summed E-state index contributed by atoms with van der Waals surface area (Å²) in [6.45, 7) is 0. The molecule has 4 rings (SSSR count). The molecule has 0 fully saturated rings. The highest BCUT2D eigenvalue weighted by atomic mass is 32.2. The first-order valence-electron chi connectivity index (χ1n) is 8.34. The van der Waals surface area contributed by atoms with E-state index in [9.17, 15) is 0 Å². The van der Waals surface area contributed by atoms with Crippen LogP contribution in [0.4, 0.5) is 5.82 Å². The minimum atomic E-state index is 0.696. The summed E-state index contributed by atoms with van der Waals surface area (Å²) in [5.41, 5.74) is 5.94. The van der Waals surface area contributed by atoms with Crippen molar-refractivity contribution in [2.24, 2.45) is 5.10 Å². The van der Waals surface area contributed by atoms with Crippen molar-refractivity contribution in [3.8, 4) is 0 Å². The van der Waals surface area contributed by atoms with E-state index < -0.39 is 0 Å². The van der Waals surface area contributed by atoms with Crippen LogP contribution in [0.15, 0.2) is 73.9 Å². The number of hydrogen-bond acceptors (Lipinski definition) is 6. The Kier molecular flexibility index (Phi) is 4.79. The van der Waals surface area contributed by atoms with Crippen LogP contribution in [0.25, 0.3) is 11.1 Å². The predicted molar refractivity (Wildman–Crippen MR) is 102 cm³/mol. The van der Waals surface area contributed by atoms with Crippen molar-refractivity contribution in [2.45, 2.75) is 30.9 Å². The standard InChI is InChI=1S/C19H18N4OS/c1-4-10-17(25-19-22-15-8-2-3-9-16(15)24-19)14(7-1)13-21-23-18-11-5-6-12-20-18/h2-3,5-6,8-9,11-13H,1,4,7,10H2,(H,20,23)/b21-13+. The van der Waals surface area contributed by atoms with Gasteiger partial charge in [0.15, 0.2) is 5.58 Å². The van der Waals surface area contributed by atoms with Crippen LogP contribution in [0.5, 0.6) is 0 Å². The zero-order valence-electron chi connectivity index (χ0n) is 13.7. The Morgan fingerprint density at radius 2 is 1.96 bits per heavy atom. The lowest BCUT2D eigenvalue weighted by Crippen LogP contribution is -2.01. The molecule has 3 aromatic rings. The third-order valence-corrected chi connectivity index (χ3v) is 5.07. The Balaban J connectivity index is 1.52. The number of para-hydroxylation sites is 2. The maximum absolute atomic E-state index is 5.84. The lowest BCUT2D eigenvalue weighted by Gasteiger charge is -2.15. The summed E-state index contributed by atoms with van der Waals surface area (Å²) in [5.74, 6) is 0.739. The first kappa shape index (κ1) is 15.9. The van der Waals surface area contributed by atoms with Gasteiger partial charge in [-0.25, -0.2) is 9.97 Å². The number of anilines is 1. The molecule has 1 aliphatic carbocycles. The molecule has 0 saturated heterocycles. The van der Waals surface area contributed by atoms with Crippen molar-refractivity contribution in [1.29, 1.82) is 0 Å². The molecule has 5 nitrogen and oxygen atoms in total. The van der Waals surface area contributed by atoms with E-state index in [0.717, 1.165) is 29.8 Å². The zero-order chi connectivity index (χ0) is 16.9. The lowest BCUT2D eigenvalue weighted by molar-refractivity contribution is 0.490. The topological polar surface area (TPSA) is 63.3 Å². The molecule has 0 unspecified atom stereocenters. The fourth-order valence-corrected chi connectivity index (χ4v) is 3.78. The average Bonchev–Trinajstić information content (AvgIpc) is 3.06. The molecule has 0 radical (unpaired) electrons. The van der Waals surface area contributed by atoms with E-state index in [-0.39, 0.29) is 0 Å². The maximum atomic E-state index is 5.84. The Hall–Kier alpha value is -2.60. The second-order valence-electron chi connectivity index (χ2n) is 5.79. The molecule has 2 aromatic heterocycles. The number of oxazole rings is 1. The molecule has 2 heterocycles. The molecule has 1 aromatic carbocycles. The van der Waals surface area contributed by atoms with Crippen LogP contribution in [-0.4, -0.2) is 16.2 Å². The van der Waals surface area contributed by atoms with Crippen molar-refractivity contribution in [1.82, 2.24) is 9.97 Å². The van der Waals surface area contributed by atoms with Gasteiger partial charge in [0.1, 0.15) is 11.3 Å². The maximum Gasteiger partial charge on any atom is 0.261 e. The number of hydrogen-bond donors (Lipinski definition) is 1. The third kappa shape index (κ3) is 3.91. The fourth-order valence-electron chi connectivity index (χ4n) is 2.76. The molecular weight excluding hydrogens is 332 g/mol. The number of benzene rings is 1. The highest BCUT2D eigenvalue weighted by molar-refractivity contribution is 8.02. The van der Waals surface area contributed by atoms with Gasteiger partial charge in [-0.05, 0) is 72.2 Å². The summed E-state index contributed by atoms with van der Waals surface area (Å²) in [6, 6.07) is 13.6. The first-order valence-corrected chi connectivity index (χ1v) is 9.16. The minimum absolute atomic E-state index is 0.696. The molecular formula is C19H18N4OS. The number of allylic oxidation sites excluding steroid dienone is 2. The molecule has 25 heavy (non-hydrogen) atoms. The van der Waals surface area contributed by atoms with Crippen molar-refractivity contribution in [3.05, 3.63) is 59.1 Å². The van der Waals surface area contributed by atoms with E-state index in [1.165, 1.54) is 23.3 Å². The first-order chi connectivity index (χ1) is 12.4. The van der Waals surface area contributed by atoms with E-state index in [1.807, 2.05) is 48.7 Å². The monoisotopic (exact) mass is 350 g/mol. The summed E-state index contributed by atoms with van der Waals surface area (Å²) in [7, 11) is 0. The Morgan fingerprint density at radius 3 is 2.84 bits per heavy atom. The number of fused-ring (bicyclic) bond motifs is 1. The molecule has 0 aliphatic heterocycles. The third-order valence-electron chi connectivity index (χ3n) is 4.01. The number of nitrogens with zero attached hydrogens (tertiary/aromatic N) is 3. The Morgan fingerprint density at radius 1 is 1.08 bits per heavy atom. The van der Waals surface area contributed by atoms with Crippen LogP contribution in [0, 0.1) is 0 Å². The van der Waals surface area contributed by atoms with Crippen molar-refractivity contribution >= 4 is 34.9 Å². The number of thioether (sulfide) groups is 1. The predicted octanol–water partition coefficient (Wildman–Crippen LogP) is 5.24. The van der Waals surface area contributed by atoms with Crippen LogP contribution in [0.3, 0.4) is 0 Å². The Bertz CT molecular complexity index is 884. The molecule has 1 aliphatic rings. The Labute approximate surface area is 150 Å². The summed E-state index contributed by atoms with van der Waals surface area (Å²) in [4.78, 5) is 10.0. The summed E-state index contributed by atoms with van der Waals surface area (Å²) in [6.07, 6.45) is 8.07. The molecule has 6 heteroatoms. The zero-order valence-corrected chi connectivity index (χ0v) is 14.5. The van der Waals surface area contributed by atoms with Gasteiger partial charge < -0.3 is 4.42 Å². The summed E-state index contributed by atoms with van der Waals surface area (Å²) < 4.78 is 5.84. The van der Waals surface area contributed by atoms with Crippen molar-refractivity contribution in [3.63, 3.8) is 0 Å². The van der Waals surface area contributed by atoms with Gasteiger partial charge >= 0.3 is 0 Å². The van der Waals surface area contributed by atoms with Gasteiger partial charge in [-0.2, -0.15) is 5.10 Å². The van der Waals surface area contributed by atoms with Gasteiger partial charge in [0.25, 0.3) is 5.22 Å². The van der Waals surface area contributed by atoms with E-state index in [4.69, 9.17) is 4.42 Å². The summed E-state index contributed by atoms with van der Waals surface area (Å²) in [5, 5.41) is 5.04. The minimum Gasteiger partial charge on any atom is -0.431 e. The molecule has 126 valence electrons. The van der Waals surface area contributed by atoms with Crippen LogP contribution in [0.1, 0.15) is 25.7 Å². The second-order valence-corrected chi connectivity index (χ2v) is 6.84. The number of hydrazone groups is 1. The van der Waals surface area contributed by atoms with Gasteiger partial charge in [-0.3, -0.25) is 5.43 Å². The SMILES string of the molecule is C(=N\Nc1ccccn1)/C1=C(Sc2nc3ccccc3o2)CCCC1. The van der Waals surface area contributed by atoms with Gasteiger partial charge in [0, 0.05) is 6.20 Å². The van der Waals surface area contributed by atoms with Crippen LogP contribution < -0.4 is 5.43 Å². The number of pyridine rings is 1. The lowest BCUT2D eigenvalue weighted by atomic mass is 10.0. The second kappa shape index (κ2) is 7.53. The molecule has 0 amide bonds. The highest BCUT2D eigenvalue weighted by Crippen LogP contribution is 2.37. The van der Waals surface area contributed by atoms with Crippen molar-refractivity contribution < 1.29 is 4.42 Å². The van der Waals surface area contributed by atoms with Crippen molar-refractivity contribution in [2.75, 3.05) is 5.43 Å². The van der Waals surface area contributed by atoms with Crippen LogP contribution in [0.2, 0.25) is 0 Å². The normalized spacial score (nSPS) is 15.2. The van der Waals surface area contributed by atoms with E-state index >= 15 is 0 Å². The molecule has 0 saturated carbocycles. The number of rotatable bonds is 5. The van der Waals surface area contributed by atoms with Gasteiger partial charge in [-0.15, -0.1) is 0 Å². The van der Waals surface area contributed by atoms with Gasteiger partial charge in [0.2, 0.25) is 0 Å². The number of nitrogens with one attached hydrogen (secondary N) is 1. The molecule has 1 N–H and O–H groups in total. The quantitative estimate of drug-likeness (QED) is 0.503. The van der Waals surface area contributed by atoms with Crippen LogP contribution >= 0.6 is 11.8 Å². The van der Waals surface area contributed by atoms with E-state index in [0.29, 0.717) is 5.22 Å².